The Kier molecular flexibility index (Phi) is 5.29. The Balaban J connectivity index is 1.27. The number of para-hydroxylation sites is 1. The summed E-state index contributed by atoms with van der Waals surface area (Å²) in [7, 11) is 3.20. The summed E-state index contributed by atoms with van der Waals surface area (Å²) in [5.41, 5.74) is 2.34. The number of rotatable bonds is 5. The molecule has 1 unspecified atom stereocenters. The van der Waals surface area contributed by atoms with Gasteiger partial charge >= 0.3 is 0 Å². The number of hydrogen-bond acceptors (Lipinski definition) is 6. The summed E-state index contributed by atoms with van der Waals surface area (Å²) in [4.78, 5) is 30.5. The number of ketones is 1. The van der Waals surface area contributed by atoms with Gasteiger partial charge in [0.15, 0.2) is 17.3 Å². The van der Waals surface area contributed by atoms with Crippen molar-refractivity contribution in [2.45, 2.75) is 24.8 Å². The van der Waals surface area contributed by atoms with Crippen LogP contribution in [0.2, 0.25) is 0 Å². The van der Waals surface area contributed by atoms with Gasteiger partial charge in [0.05, 0.1) is 20.9 Å². The van der Waals surface area contributed by atoms with Crippen LogP contribution in [0, 0.1) is 5.92 Å². The first-order valence-electron chi connectivity index (χ1n) is 11.2. The third-order valence-electron chi connectivity index (χ3n) is 7.28. The fourth-order valence-corrected chi connectivity index (χ4v) is 5.49. The Labute approximate surface area is 188 Å². The van der Waals surface area contributed by atoms with Gasteiger partial charge in [-0.1, -0.05) is 18.2 Å². The zero-order valence-electron chi connectivity index (χ0n) is 18.6. The Morgan fingerprint density at radius 3 is 2.41 bits per heavy atom. The predicted molar refractivity (Wildman–Crippen MR) is 121 cm³/mol. The lowest BCUT2D eigenvalue weighted by Gasteiger charge is -2.43. The van der Waals surface area contributed by atoms with E-state index >= 15 is 0 Å². The lowest BCUT2D eigenvalue weighted by Crippen LogP contribution is -2.57. The second kappa shape index (κ2) is 8.13. The van der Waals surface area contributed by atoms with Gasteiger partial charge < -0.3 is 24.6 Å². The normalized spacial score (nSPS) is 22.2. The molecule has 7 heteroatoms. The van der Waals surface area contributed by atoms with Crippen molar-refractivity contribution in [3.05, 3.63) is 53.6 Å². The summed E-state index contributed by atoms with van der Waals surface area (Å²) in [6, 6.07) is 13.9. The van der Waals surface area contributed by atoms with Gasteiger partial charge in [-0.25, -0.2) is 0 Å². The van der Waals surface area contributed by atoms with Crippen LogP contribution >= 0.6 is 0 Å². The second-order valence-electron chi connectivity index (χ2n) is 8.89. The minimum Gasteiger partial charge on any atom is -0.493 e. The molecule has 2 heterocycles. The predicted octanol–water partition coefficient (Wildman–Crippen LogP) is 2.49. The molecule has 2 saturated heterocycles. The van der Waals surface area contributed by atoms with Crippen molar-refractivity contribution in [3.8, 4) is 11.5 Å². The molecule has 2 aliphatic heterocycles. The maximum absolute atomic E-state index is 13.1. The Morgan fingerprint density at radius 2 is 1.72 bits per heavy atom. The van der Waals surface area contributed by atoms with E-state index in [4.69, 9.17) is 9.47 Å². The van der Waals surface area contributed by atoms with Gasteiger partial charge in [0.1, 0.15) is 5.54 Å². The van der Waals surface area contributed by atoms with E-state index in [0.717, 1.165) is 42.7 Å². The molecule has 3 aliphatic rings. The largest absolute Gasteiger partial charge is 0.493 e. The maximum Gasteiger partial charge on any atom is 0.247 e. The molecule has 2 aromatic rings. The quantitative estimate of drug-likeness (QED) is 0.778. The molecule has 0 saturated carbocycles. The van der Waals surface area contributed by atoms with Crippen LogP contribution in [0.1, 0.15) is 28.8 Å². The van der Waals surface area contributed by atoms with E-state index in [9.17, 15) is 9.59 Å². The highest BCUT2D eigenvalue weighted by Gasteiger charge is 2.50. The van der Waals surface area contributed by atoms with Gasteiger partial charge in [-0.15, -0.1) is 0 Å². The smallest absolute Gasteiger partial charge is 0.247 e. The molecule has 1 spiro atoms. The monoisotopic (exact) mass is 435 g/mol. The van der Waals surface area contributed by atoms with Gasteiger partial charge in [-0.05, 0) is 49.1 Å². The third kappa shape index (κ3) is 3.32. The lowest BCUT2D eigenvalue weighted by atomic mass is 9.85. The number of carbonyl (C=O) groups is 2. The molecular weight excluding hydrogens is 406 g/mol. The van der Waals surface area contributed by atoms with E-state index in [-0.39, 0.29) is 17.6 Å². The molecule has 32 heavy (non-hydrogen) atoms. The van der Waals surface area contributed by atoms with Gasteiger partial charge in [-0.3, -0.25) is 9.59 Å². The van der Waals surface area contributed by atoms with Gasteiger partial charge in [0, 0.05) is 36.8 Å². The van der Waals surface area contributed by atoms with Crippen LogP contribution in [0.5, 0.6) is 11.5 Å². The molecule has 7 nitrogen and oxygen atoms in total. The van der Waals surface area contributed by atoms with Crippen molar-refractivity contribution >= 4 is 17.4 Å². The van der Waals surface area contributed by atoms with E-state index in [1.54, 1.807) is 14.2 Å². The number of hydrogen-bond donors (Lipinski definition) is 1. The highest BCUT2D eigenvalue weighted by Crippen LogP contribution is 2.39. The SMILES string of the molecule is COc1cc2c(cc1OC)C(=O)C(CN1CCC3(CC1)C(=O)NCN3c1ccccc1)C2. The number of ether oxygens (including phenoxy) is 2. The number of methoxy groups -OCH3 is 2. The number of Topliss-reactive ketones (excluding diaryl/α,β-unsaturated/α-hetero) is 1. The Hall–Kier alpha value is -3.06. The second-order valence-corrected chi connectivity index (χ2v) is 8.89. The zero-order chi connectivity index (χ0) is 22.3. The van der Waals surface area contributed by atoms with Crippen LogP contribution < -0.4 is 19.7 Å². The molecule has 0 aromatic heterocycles. The summed E-state index contributed by atoms with van der Waals surface area (Å²) in [5, 5.41) is 3.05. The first-order chi connectivity index (χ1) is 15.6. The molecule has 0 radical (unpaired) electrons. The average Bonchev–Trinajstić information content (AvgIpc) is 3.31. The molecule has 168 valence electrons. The number of amides is 1. The molecule has 1 N–H and O–H groups in total. The van der Waals surface area contributed by atoms with Gasteiger partial charge in [-0.2, -0.15) is 0 Å². The van der Waals surface area contributed by atoms with Gasteiger partial charge in [0.2, 0.25) is 5.91 Å². The van der Waals surface area contributed by atoms with E-state index in [1.807, 2.05) is 30.3 Å². The van der Waals surface area contributed by atoms with Crippen molar-refractivity contribution in [3.63, 3.8) is 0 Å². The maximum atomic E-state index is 13.1. The third-order valence-corrected chi connectivity index (χ3v) is 7.28. The summed E-state index contributed by atoms with van der Waals surface area (Å²) in [6.07, 6.45) is 2.22. The van der Waals surface area contributed by atoms with Crippen LogP contribution in [0.25, 0.3) is 0 Å². The van der Waals surface area contributed by atoms with Crippen LogP contribution in [-0.4, -0.2) is 62.7 Å². The summed E-state index contributed by atoms with van der Waals surface area (Å²) < 4.78 is 10.8. The molecule has 2 aromatic carbocycles. The van der Waals surface area contributed by atoms with Crippen LogP contribution in [-0.2, 0) is 11.2 Å². The average molecular weight is 436 g/mol. The number of carbonyl (C=O) groups excluding carboxylic acids is 2. The molecule has 2 fully saturated rings. The number of likely N-dealkylation sites (tertiary alicyclic amines) is 1. The zero-order valence-corrected chi connectivity index (χ0v) is 18.6. The Morgan fingerprint density at radius 1 is 1.03 bits per heavy atom. The molecule has 0 bridgehead atoms. The molecule has 1 atom stereocenters. The van der Waals surface area contributed by atoms with Crippen molar-refractivity contribution in [1.29, 1.82) is 0 Å². The van der Waals surface area contributed by atoms with Crippen molar-refractivity contribution in [2.24, 2.45) is 5.92 Å². The number of nitrogens with zero attached hydrogens (tertiary/aromatic N) is 2. The van der Waals surface area contributed by atoms with Crippen molar-refractivity contribution in [2.75, 3.05) is 45.4 Å². The van der Waals surface area contributed by atoms with Crippen LogP contribution in [0.3, 0.4) is 0 Å². The molecule has 5 rings (SSSR count). The lowest BCUT2D eigenvalue weighted by molar-refractivity contribution is -0.125. The topological polar surface area (TPSA) is 71.1 Å². The van der Waals surface area contributed by atoms with E-state index < -0.39 is 5.54 Å². The van der Waals surface area contributed by atoms with E-state index in [2.05, 4.69) is 27.2 Å². The highest BCUT2D eigenvalue weighted by molar-refractivity contribution is 6.03. The fourth-order valence-electron chi connectivity index (χ4n) is 5.49. The summed E-state index contributed by atoms with van der Waals surface area (Å²) in [5.74, 6) is 1.47. The minimum atomic E-state index is -0.499. The number of nitrogens with one attached hydrogen (secondary N) is 1. The number of benzene rings is 2. The minimum absolute atomic E-state index is 0.0708. The highest BCUT2D eigenvalue weighted by atomic mass is 16.5. The van der Waals surface area contributed by atoms with E-state index in [1.165, 1.54) is 0 Å². The van der Waals surface area contributed by atoms with Crippen molar-refractivity contribution < 1.29 is 19.1 Å². The summed E-state index contributed by atoms with van der Waals surface area (Å²) >= 11 is 0. The number of fused-ring (bicyclic) bond motifs is 1. The molecule has 1 amide bonds. The Bertz CT molecular complexity index is 1030. The number of anilines is 1. The molecular formula is C25H29N3O4. The van der Waals surface area contributed by atoms with E-state index in [0.29, 0.717) is 31.1 Å². The van der Waals surface area contributed by atoms with Gasteiger partial charge in [0.25, 0.3) is 0 Å². The van der Waals surface area contributed by atoms with Crippen LogP contribution in [0.4, 0.5) is 5.69 Å². The molecule has 1 aliphatic carbocycles. The summed E-state index contributed by atoms with van der Waals surface area (Å²) in [6.45, 7) is 2.84. The first-order valence-corrected chi connectivity index (χ1v) is 11.2. The van der Waals surface area contributed by atoms with Crippen LogP contribution in [0.15, 0.2) is 42.5 Å². The first kappa shape index (κ1) is 20.8. The van der Waals surface area contributed by atoms with Crippen molar-refractivity contribution in [1.82, 2.24) is 10.2 Å². The standard InChI is InChI=1S/C25H29N3O4/c1-31-21-13-17-12-18(23(29)20(17)14-22(21)32-2)15-27-10-8-25(9-11-27)24(30)26-16-28(25)19-6-4-3-5-7-19/h3-7,13-14,18H,8-12,15-16H2,1-2H3,(H,26,30). The fraction of sp³-hybridized carbons (Fsp3) is 0.440. The number of piperidine rings is 1.